The third-order valence-corrected chi connectivity index (χ3v) is 5.14. The van der Waals surface area contributed by atoms with Gasteiger partial charge in [-0.15, -0.1) is 0 Å². The van der Waals surface area contributed by atoms with Crippen molar-refractivity contribution in [3.8, 4) is 0 Å². The van der Waals surface area contributed by atoms with Crippen molar-refractivity contribution >= 4 is 29.3 Å². The quantitative estimate of drug-likeness (QED) is 0.440. The molecule has 7 nitrogen and oxygen atoms in total. The van der Waals surface area contributed by atoms with Crippen molar-refractivity contribution in [2.45, 2.75) is 53.4 Å². The zero-order valence-corrected chi connectivity index (χ0v) is 20.8. The lowest BCUT2D eigenvalue weighted by atomic mass is 9.87. The van der Waals surface area contributed by atoms with Crippen LogP contribution in [0.1, 0.15) is 74.2 Å². The van der Waals surface area contributed by atoms with Crippen molar-refractivity contribution in [1.82, 2.24) is 5.32 Å². The van der Waals surface area contributed by atoms with Gasteiger partial charge in [-0.2, -0.15) is 0 Å². The molecule has 0 aromatic heterocycles. The lowest BCUT2D eigenvalue weighted by Gasteiger charge is -2.19. The van der Waals surface area contributed by atoms with E-state index in [4.69, 9.17) is 4.74 Å². The number of Topliss-reactive ketones (excluding diaryl/α,β-unsaturated/α-hetero) is 1. The molecule has 0 bridgehead atoms. The van der Waals surface area contributed by atoms with E-state index in [1.807, 2.05) is 32.9 Å². The Bertz CT molecular complexity index is 1030. The van der Waals surface area contributed by atoms with Gasteiger partial charge in [-0.1, -0.05) is 53.7 Å². The third kappa shape index (κ3) is 8.14. The van der Waals surface area contributed by atoms with Crippen LogP contribution >= 0.6 is 0 Å². The molecule has 34 heavy (non-hydrogen) atoms. The third-order valence-electron chi connectivity index (χ3n) is 5.14. The molecule has 2 amide bonds. The number of nitrogens with one attached hydrogen (secondary N) is 2. The van der Waals surface area contributed by atoms with Crippen LogP contribution < -0.4 is 10.6 Å². The Morgan fingerprint density at radius 1 is 0.794 bits per heavy atom. The maximum atomic E-state index is 12.3. The number of carbonyl (C=O) groups is 4. The highest BCUT2D eigenvalue weighted by Crippen LogP contribution is 2.22. The van der Waals surface area contributed by atoms with Crippen molar-refractivity contribution in [3.63, 3.8) is 0 Å². The summed E-state index contributed by atoms with van der Waals surface area (Å²) >= 11 is 0. The Hall–Kier alpha value is -3.48. The minimum atomic E-state index is -0.578. The van der Waals surface area contributed by atoms with E-state index in [0.29, 0.717) is 16.8 Å². The lowest BCUT2D eigenvalue weighted by molar-refractivity contribution is -0.142. The van der Waals surface area contributed by atoms with Gasteiger partial charge in [-0.25, -0.2) is 0 Å². The molecule has 0 radical (unpaired) electrons. The van der Waals surface area contributed by atoms with Crippen molar-refractivity contribution in [3.05, 3.63) is 65.2 Å². The summed E-state index contributed by atoms with van der Waals surface area (Å²) in [6.45, 7) is 11.4. The number of anilines is 1. The van der Waals surface area contributed by atoms with Gasteiger partial charge in [0.05, 0.1) is 6.42 Å². The summed E-state index contributed by atoms with van der Waals surface area (Å²) < 4.78 is 5.03. The smallest absolute Gasteiger partial charge is 0.308 e. The van der Waals surface area contributed by atoms with Gasteiger partial charge in [0.1, 0.15) is 0 Å². The van der Waals surface area contributed by atoms with Gasteiger partial charge < -0.3 is 15.4 Å². The molecule has 0 saturated carbocycles. The Labute approximate surface area is 201 Å². The predicted octanol–water partition coefficient (Wildman–Crippen LogP) is 4.51. The van der Waals surface area contributed by atoms with Crippen molar-refractivity contribution in [2.24, 2.45) is 5.41 Å². The monoisotopic (exact) mass is 466 g/mol. The topological polar surface area (TPSA) is 102 Å². The maximum absolute atomic E-state index is 12.3. The van der Waals surface area contributed by atoms with Gasteiger partial charge in [0.15, 0.2) is 12.4 Å². The van der Waals surface area contributed by atoms with Gasteiger partial charge >= 0.3 is 5.97 Å². The standard InChI is InChI=1S/C27H34N2O5/c1-26(2,3)20-11-7-19(8-12-20)24(32)28-16-15-23(31)34-17-22(30)18-9-13-21(14-10-18)29-25(33)27(4,5)6/h7-14H,15-17H2,1-6H3,(H,28,32)(H,29,33). The molecular weight excluding hydrogens is 432 g/mol. The first kappa shape index (κ1) is 26.8. The van der Waals surface area contributed by atoms with E-state index in [9.17, 15) is 19.2 Å². The van der Waals surface area contributed by atoms with Crippen LogP contribution in [-0.4, -0.2) is 36.7 Å². The zero-order chi connectivity index (χ0) is 25.5. The molecule has 2 aromatic carbocycles. The van der Waals surface area contributed by atoms with E-state index < -0.39 is 18.0 Å². The number of amides is 2. The van der Waals surface area contributed by atoms with Crippen LogP contribution in [0.5, 0.6) is 0 Å². The van der Waals surface area contributed by atoms with E-state index in [1.54, 1.807) is 36.4 Å². The Balaban J connectivity index is 1.75. The predicted molar refractivity (Wildman–Crippen MR) is 132 cm³/mol. The van der Waals surface area contributed by atoms with Crippen LogP contribution in [-0.2, 0) is 19.7 Å². The van der Waals surface area contributed by atoms with E-state index in [-0.39, 0.29) is 36.0 Å². The van der Waals surface area contributed by atoms with Gasteiger partial charge in [0.2, 0.25) is 5.91 Å². The molecule has 0 aliphatic heterocycles. The Morgan fingerprint density at radius 2 is 1.35 bits per heavy atom. The van der Waals surface area contributed by atoms with Crippen molar-refractivity contribution in [1.29, 1.82) is 0 Å². The molecule has 0 saturated heterocycles. The fourth-order valence-electron chi connectivity index (χ4n) is 2.86. The Kier molecular flexibility index (Phi) is 8.74. The number of ketones is 1. The molecule has 182 valence electrons. The van der Waals surface area contributed by atoms with Crippen LogP contribution in [0.15, 0.2) is 48.5 Å². The second kappa shape index (κ2) is 11.1. The molecule has 0 fully saturated rings. The summed E-state index contributed by atoms with van der Waals surface area (Å²) in [5.74, 6) is -1.34. The van der Waals surface area contributed by atoms with Gasteiger partial charge in [0.25, 0.3) is 5.91 Å². The van der Waals surface area contributed by atoms with Gasteiger partial charge in [-0.3, -0.25) is 19.2 Å². The van der Waals surface area contributed by atoms with E-state index >= 15 is 0 Å². The van der Waals surface area contributed by atoms with Crippen LogP contribution in [0.25, 0.3) is 0 Å². The normalized spacial score (nSPS) is 11.5. The largest absolute Gasteiger partial charge is 0.457 e. The lowest BCUT2D eigenvalue weighted by Crippen LogP contribution is -2.27. The van der Waals surface area contributed by atoms with Crippen LogP contribution in [0.4, 0.5) is 5.69 Å². The summed E-state index contributed by atoms with van der Waals surface area (Å²) in [4.78, 5) is 48.5. The minimum Gasteiger partial charge on any atom is -0.457 e. The van der Waals surface area contributed by atoms with E-state index in [0.717, 1.165) is 5.56 Å². The summed E-state index contributed by atoms with van der Waals surface area (Å²) in [7, 11) is 0. The molecule has 0 aliphatic rings. The molecule has 2 aromatic rings. The number of esters is 1. The van der Waals surface area contributed by atoms with Crippen LogP contribution in [0.2, 0.25) is 0 Å². The SMILES string of the molecule is CC(C)(C)C(=O)Nc1ccc(C(=O)COC(=O)CCNC(=O)c2ccc(C(C)(C)C)cc2)cc1. The average molecular weight is 467 g/mol. The summed E-state index contributed by atoms with van der Waals surface area (Å²) in [6, 6.07) is 13.7. The second-order valence-corrected chi connectivity index (χ2v) is 10.2. The maximum Gasteiger partial charge on any atom is 0.308 e. The van der Waals surface area contributed by atoms with Crippen LogP contribution in [0.3, 0.4) is 0 Å². The molecule has 0 spiro atoms. The first-order chi connectivity index (χ1) is 15.8. The number of hydrogen-bond donors (Lipinski definition) is 2. The second-order valence-electron chi connectivity index (χ2n) is 10.2. The summed E-state index contributed by atoms with van der Waals surface area (Å²) in [5.41, 5.74) is 2.06. The number of carbonyl (C=O) groups excluding carboxylic acids is 4. The van der Waals surface area contributed by atoms with Gasteiger partial charge in [-0.05, 0) is 47.4 Å². The molecule has 7 heteroatoms. The average Bonchev–Trinajstić information content (AvgIpc) is 2.76. The fourth-order valence-corrected chi connectivity index (χ4v) is 2.86. The first-order valence-electron chi connectivity index (χ1n) is 11.3. The highest BCUT2D eigenvalue weighted by Gasteiger charge is 2.21. The molecule has 0 atom stereocenters. The highest BCUT2D eigenvalue weighted by molar-refractivity contribution is 5.99. The summed E-state index contributed by atoms with van der Waals surface area (Å²) in [6.07, 6.45) is -0.0448. The molecule has 2 rings (SSSR count). The number of benzene rings is 2. The number of ether oxygens (including phenoxy) is 1. The molecule has 0 aliphatic carbocycles. The van der Waals surface area contributed by atoms with Crippen LogP contribution in [0, 0.1) is 5.41 Å². The highest BCUT2D eigenvalue weighted by atomic mass is 16.5. The van der Waals surface area contributed by atoms with Crippen molar-refractivity contribution < 1.29 is 23.9 Å². The molecule has 2 N–H and O–H groups in total. The summed E-state index contributed by atoms with van der Waals surface area (Å²) in [5, 5.41) is 5.46. The van der Waals surface area contributed by atoms with E-state index in [2.05, 4.69) is 31.4 Å². The Morgan fingerprint density at radius 3 is 1.88 bits per heavy atom. The molecular formula is C27H34N2O5. The first-order valence-corrected chi connectivity index (χ1v) is 11.3. The zero-order valence-electron chi connectivity index (χ0n) is 20.8. The minimum absolute atomic E-state index is 0.000423. The van der Waals surface area contributed by atoms with Crippen molar-refractivity contribution in [2.75, 3.05) is 18.5 Å². The van der Waals surface area contributed by atoms with Gasteiger partial charge in [0, 0.05) is 28.8 Å². The fraction of sp³-hybridized carbons (Fsp3) is 0.407. The number of rotatable bonds is 8. The number of hydrogen-bond acceptors (Lipinski definition) is 5. The molecule has 0 unspecified atom stereocenters. The molecule has 0 heterocycles. The van der Waals surface area contributed by atoms with E-state index in [1.165, 1.54) is 0 Å².